The number of hydrogen-bond acceptors (Lipinski definition) is 2. The highest BCUT2D eigenvalue weighted by Crippen LogP contribution is 2.03. The van der Waals surface area contributed by atoms with Crippen molar-refractivity contribution in [2.45, 2.75) is 33.2 Å². The Balaban J connectivity index is 3.86. The van der Waals surface area contributed by atoms with Gasteiger partial charge in [-0.25, -0.2) is 0 Å². The molecule has 0 aliphatic carbocycles. The van der Waals surface area contributed by atoms with Crippen LogP contribution in [0.1, 0.15) is 27.7 Å². The molecule has 0 aromatic heterocycles. The number of Topliss-reactive ketones (excluding diaryl/α,β-unsaturated/α-hetero) is 1. The number of hydrogen-bond donors (Lipinski definition) is 0. The van der Waals surface area contributed by atoms with E-state index in [4.69, 9.17) is 0 Å². The predicted octanol–water partition coefficient (Wildman–Crippen LogP) is 1.44. The smallest absolute Gasteiger partial charge is 0.170 e. The molecule has 0 fully saturated rings. The van der Waals surface area contributed by atoms with Gasteiger partial charge in [0.25, 0.3) is 0 Å². The van der Waals surface area contributed by atoms with Gasteiger partial charge < -0.3 is 0 Å². The van der Waals surface area contributed by atoms with Crippen LogP contribution >= 0.6 is 0 Å². The minimum Gasteiger partial charge on any atom is -0.293 e. The quantitative estimate of drug-likeness (QED) is 0.490. The summed E-state index contributed by atoms with van der Waals surface area (Å²) in [4.78, 5) is 14.3. The maximum absolute atomic E-state index is 10.3. The molecule has 0 saturated heterocycles. The van der Waals surface area contributed by atoms with Gasteiger partial charge in [0.2, 0.25) is 0 Å². The zero-order valence-corrected chi connectivity index (χ0v) is 6.43. The second-order valence-corrected chi connectivity index (χ2v) is 3.04. The maximum atomic E-state index is 10.3. The Kier molecular flexibility index (Phi) is 2.56. The molecule has 0 rings (SSSR count). The van der Waals surface area contributed by atoms with Crippen LogP contribution in [0.4, 0.5) is 0 Å². The molecule has 9 heavy (non-hydrogen) atoms. The summed E-state index contributed by atoms with van der Waals surface area (Å²) in [7, 11) is 0. The highest BCUT2D eigenvalue weighted by Gasteiger charge is 2.04. The SMILES string of the molecule is CC(=O)/C=N/C(C)(C)C. The van der Waals surface area contributed by atoms with Gasteiger partial charge in [-0.15, -0.1) is 0 Å². The van der Waals surface area contributed by atoms with Crippen molar-refractivity contribution in [3.63, 3.8) is 0 Å². The van der Waals surface area contributed by atoms with Crippen LogP contribution in [0.25, 0.3) is 0 Å². The fourth-order valence-electron chi connectivity index (χ4n) is 0.285. The van der Waals surface area contributed by atoms with Gasteiger partial charge in [0.1, 0.15) is 0 Å². The van der Waals surface area contributed by atoms with E-state index in [0.717, 1.165) is 0 Å². The second-order valence-electron chi connectivity index (χ2n) is 3.04. The van der Waals surface area contributed by atoms with Crippen LogP contribution in [0.2, 0.25) is 0 Å². The van der Waals surface area contributed by atoms with Crippen LogP contribution in [-0.4, -0.2) is 17.5 Å². The van der Waals surface area contributed by atoms with Gasteiger partial charge in [-0.2, -0.15) is 0 Å². The Labute approximate surface area is 56.0 Å². The third kappa shape index (κ3) is 7.34. The fourth-order valence-corrected chi connectivity index (χ4v) is 0.285. The molecular formula is C7H13NO. The van der Waals surface area contributed by atoms with Crippen LogP contribution in [0.5, 0.6) is 0 Å². The zero-order valence-electron chi connectivity index (χ0n) is 6.43. The Hall–Kier alpha value is -0.660. The van der Waals surface area contributed by atoms with Crippen molar-refractivity contribution in [2.24, 2.45) is 4.99 Å². The van der Waals surface area contributed by atoms with Gasteiger partial charge in [0.05, 0.1) is 11.8 Å². The molecule has 0 amide bonds. The Morgan fingerprint density at radius 1 is 1.44 bits per heavy atom. The average molecular weight is 127 g/mol. The molecule has 0 atom stereocenters. The Morgan fingerprint density at radius 2 is 1.89 bits per heavy atom. The van der Waals surface area contributed by atoms with E-state index in [0.29, 0.717) is 0 Å². The van der Waals surface area contributed by atoms with Gasteiger partial charge in [-0.05, 0) is 20.8 Å². The molecule has 0 radical (unpaired) electrons. The van der Waals surface area contributed by atoms with E-state index < -0.39 is 0 Å². The predicted molar refractivity (Wildman–Crippen MR) is 38.9 cm³/mol. The number of nitrogens with zero attached hydrogens (tertiary/aromatic N) is 1. The molecule has 0 spiro atoms. The third-order valence-electron chi connectivity index (χ3n) is 0.634. The molecule has 0 N–H and O–H groups in total. The number of carbonyl (C=O) groups excluding carboxylic acids is 1. The molecule has 0 aromatic carbocycles. The van der Waals surface area contributed by atoms with Crippen molar-refractivity contribution in [3.05, 3.63) is 0 Å². The van der Waals surface area contributed by atoms with E-state index in [1.165, 1.54) is 13.1 Å². The lowest BCUT2D eigenvalue weighted by molar-refractivity contribution is -0.110. The second kappa shape index (κ2) is 2.76. The Bertz CT molecular complexity index is 130. The number of ketones is 1. The van der Waals surface area contributed by atoms with Crippen molar-refractivity contribution in [1.82, 2.24) is 0 Å². The van der Waals surface area contributed by atoms with Gasteiger partial charge in [0, 0.05) is 6.92 Å². The molecule has 2 heteroatoms. The van der Waals surface area contributed by atoms with Crippen LogP contribution in [0, 0.1) is 0 Å². The van der Waals surface area contributed by atoms with Crippen molar-refractivity contribution < 1.29 is 4.79 Å². The minimum absolute atomic E-state index is 0.00456. The van der Waals surface area contributed by atoms with E-state index in [1.54, 1.807) is 0 Å². The monoisotopic (exact) mass is 127 g/mol. The first-order valence-corrected chi connectivity index (χ1v) is 2.97. The summed E-state index contributed by atoms with van der Waals surface area (Å²) in [5.74, 6) is 0.00456. The van der Waals surface area contributed by atoms with Crippen molar-refractivity contribution >= 4 is 12.0 Å². The number of carbonyl (C=O) groups is 1. The van der Waals surface area contributed by atoms with Crippen LogP contribution in [0.3, 0.4) is 0 Å². The molecule has 0 aromatic rings. The van der Waals surface area contributed by atoms with E-state index in [-0.39, 0.29) is 11.3 Å². The van der Waals surface area contributed by atoms with Crippen LogP contribution < -0.4 is 0 Å². The fraction of sp³-hybridized carbons (Fsp3) is 0.714. The van der Waals surface area contributed by atoms with Crippen molar-refractivity contribution in [2.75, 3.05) is 0 Å². The van der Waals surface area contributed by atoms with Crippen molar-refractivity contribution in [3.8, 4) is 0 Å². The third-order valence-corrected chi connectivity index (χ3v) is 0.634. The largest absolute Gasteiger partial charge is 0.293 e. The molecule has 0 unspecified atom stereocenters. The Morgan fingerprint density at radius 3 is 2.00 bits per heavy atom. The van der Waals surface area contributed by atoms with Crippen LogP contribution in [0.15, 0.2) is 4.99 Å². The van der Waals surface area contributed by atoms with Gasteiger partial charge in [-0.3, -0.25) is 9.79 Å². The van der Waals surface area contributed by atoms with E-state index in [2.05, 4.69) is 4.99 Å². The summed E-state index contributed by atoms with van der Waals surface area (Å²) in [6.07, 6.45) is 1.36. The number of rotatable bonds is 1. The minimum atomic E-state index is -0.119. The van der Waals surface area contributed by atoms with Gasteiger partial charge >= 0.3 is 0 Å². The van der Waals surface area contributed by atoms with E-state index in [9.17, 15) is 4.79 Å². The summed E-state index contributed by atoms with van der Waals surface area (Å²) in [5.41, 5.74) is -0.119. The molecular weight excluding hydrogens is 114 g/mol. The summed E-state index contributed by atoms with van der Waals surface area (Å²) < 4.78 is 0. The zero-order chi connectivity index (χ0) is 7.49. The average Bonchev–Trinajstić information content (AvgIpc) is 1.59. The molecule has 0 bridgehead atoms. The lowest BCUT2D eigenvalue weighted by atomic mass is 10.1. The molecule has 0 saturated carbocycles. The molecule has 0 aliphatic rings. The van der Waals surface area contributed by atoms with E-state index in [1.807, 2.05) is 20.8 Å². The first-order chi connectivity index (χ1) is 3.92. The molecule has 0 heterocycles. The van der Waals surface area contributed by atoms with Crippen LogP contribution in [-0.2, 0) is 4.79 Å². The molecule has 2 nitrogen and oxygen atoms in total. The summed E-state index contributed by atoms with van der Waals surface area (Å²) in [6.45, 7) is 7.35. The maximum Gasteiger partial charge on any atom is 0.170 e. The molecule has 52 valence electrons. The van der Waals surface area contributed by atoms with Crippen molar-refractivity contribution in [1.29, 1.82) is 0 Å². The summed E-state index contributed by atoms with van der Waals surface area (Å²) >= 11 is 0. The lowest BCUT2D eigenvalue weighted by Gasteiger charge is -2.09. The van der Waals surface area contributed by atoms with Gasteiger partial charge in [0.15, 0.2) is 5.78 Å². The highest BCUT2D eigenvalue weighted by atomic mass is 16.1. The summed E-state index contributed by atoms with van der Waals surface area (Å²) in [5, 5.41) is 0. The number of aliphatic imine (C=N–C) groups is 1. The lowest BCUT2D eigenvalue weighted by Crippen LogP contribution is -2.11. The summed E-state index contributed by atoms with van der Waals surface area (Å²) in [6, 6.07) is 0. The van der Waals surface area contributed by atoms with Gasteiger partial charge in [-0.1, -0.05) is 0 Å². The topological polar surface area (TPSA) is 29.4 Å². The first-order valence-electron chi connectivity index (χ1n) is 2.97. The first kappa shape index (κ1) is 8.34. The standard InChI is InChI=1S/C7H13NO/c1-6(9)5-8-7(2,3)4/h5H,1-4H3/b8-5+. The normalized spacial score (nSPS) is 12.4. The molecule has 0 aliphatic heterocycles. The van der Waals surface area contributed by atoms with E-state index >= 15 is 0 Å². The highest BCUT2D eigenvalue weighted by molar-refractivity contribution is 6.26.